The number of guanidine groups is 2. The molecule has 0 radical (unpaired) electrons. The number of ether oxygens (including phenoxy) is 1. The molecule has 0 aromatic heterocycles. The van der Waals surface area contributed by atoms with Crippen molar-refractivity contribution in [1.29, 1.82) is 5.26 Å². The van der Waals surface area contributed by atoms with E-state index in [0.29, 0.717) is 12.1 Å². The Balaban J connectivity index is 0.730. The van der Waals surface area contributed by atoms with Crippen molar-refractivity contribution < 1.29 is 19.1 Å². The van der Waals surface area contributed by atoms with Gasteiger partial charge in [0.15, 0.2) is 0 Å². The van der Waals surface area contributed by atoms with Gasteiger partial charge in [0.25, 0.3) is 6.26 Å². The van der Waals surface area contributed by atoms with E-state index in [0.717, 1.165) is 124 Å². The number of hydrogen-bond acceptors (Lipinski definition) is 8. The van der Waals surface area contributed by atoms with Crippen LogP contribution in [0.2, 0.25) is 0 Å². The van der Waals surface area contributed by atoms with Crippen LogP contribution in [0.4, 0.5) is 9.59 Å². The first-order chi connectivity index (χ1) is 28.8. The molecule has 0 atom stereocenters. The highest BCUT2D eigenvalue weighted by Crippen LogP contribution is 2.42. The number of carbonyl (C=O) groups excluding carboxylic acids is 3. The lowest BCUT2D eigenvalue weighted by molar-refractivity contribution is 0.0914. The molecule has 8 rings (SSSR count). The molecule has 2 saturated heterocycles. The van der Waals surface area contributed by atoms with Crippen molar-refractivity contribution in [3.63, 3.8) is 0 Å². The van der Waals surface area contributed by atoms with Crippen molar-refractivity contribution in [1.82, 2.24) is 19.6 Å². The first-order valence-corrected chi connectivity index (χ1v) is 24.2. The Labute approximate surface area is 353 Å². The summed E-state index contributed by atoms with van der Waals surface area (Å²) in [6.45, 7) is 0. The van der Waals surface area contributed by atoms with Crippen LogP contribution in [-0.4, -0.2) is 100 Å². The van der Waals surface area contributed by atoms with Crippen LogP contribution in [0.25, 0.3) is 0 Å². The fraction of sp³-hybridized carbons (Fsp3) is 0.872. The quantitative estimate of drug-likeness (QED) is 0.110. The number of carbonyl (C=O) groups is 2. The van der Waals surface area contributed by atoms with Crippen LogP contribution in [0.15, 0.2) is 15.0 Å². The van der Waals surface area contributed by atoms with Crippen LogP contribution in [-0.2, 0) is 9.53 Å². The van der Waals surface area contributed by atoms with Crippen molar-refractivity contribution in [3.05, 3.63) is 0 Å². The molecule has 0 spiro atoms. The average molecular weight is 813 g/mol. The summed E-state index contributed by atoms with van der Waals surface area (Å²) in [5, 5.41) is 8.83. The standard InChI is InChI=1S/C47H72N8O4/c1-52-44(54(46(52)57)41-21-9-35(10-22-41)27-32-3-15-38(16-4-32)49-31-56)50-39-17-5-33(6-18-39)28-36-11-23-42(24-12-36)55-45(53(2)47(55)58)51-40-19-7-34(8-20-40)29-37-13-25-43(26-14-37)59-30-48/h32-43H,3-29H2,1-2H3. The lowest BCUT2D eigenvalue weighted by Crippen LogP contribution is -2.66. The second kappa shape index (κ2) is 19.5. The molecule has 4 amide bonds. The molecule has 0 N–H and O–H groups in total. The first kappa shape index (κ1) is 42.2. The third-order valence-corrected chi connectivity index (χ3v) is 16.7. The molecule has 2 heterocycles. The minimum atomic E-state index is 0.118. The summed E-state index contributed by atoms with van der Waals surface area (Å²) in [6, 6.07) is 1.63. The summed E-state index contributed by atoms with van der Waals surface area (Å²) in [4.78, 5) is 58.9. The maximum atomic E-state index is 13.1. The summed E-state index contributed by atoms with van der Waals surface area (Å²) in [5.74, 6) is 6.37. The Bertz CT molecular complexity index is 1590. The monoisotopic (exact) mass is 813 g/mol. The molecule has 2 aliphatic heterocycles. The fourth-order valence-electron chi connectivity index (χ4n) is 13.0. The second-order valence-electron chi connectivity index (χ2n) is 20.4. The average Bonchev–Trinajstić information content (AvgIpc) is 3.27. The van der Waals surface area contributed by atoms with Crippen LogP contribution < -0.4 is 0 Å². The number of aliphatic imine (C=N–C) groups is 3. The molecule has 0 unspecified atom stereocenters. The van der Waals surface area contributed by atoms with Crippen LogP contribution >= 0.6 is 0 Å². The number of isocyanates is 1. The van der Waals surface area contributed by atoms with Gasteiger partial charge in [-0.15, -0.1) is 0 Å². The zero-order valence-corrected chi connectivity index (χ0v) is 36.2. The zero-order valence-electron chi connectivity index (χ0n) is 36.2. The van der Waals surface area contributed by atoms with E-state index in [1.165, 1.54) is 96.3 Å². The number of nitriles is 1. The van der Waals surface area contributed by atoms with Gasteiger partial charge in [-0.2, -0.15) is 5.26 Å². The SMILES string of the molecule is CN1C(=O)N(C2CCC(CC3CCC(N=C=O)CC3)CC2)C1=NC1CCC(CC2CCC(N3C(=O)N(C)C3=NC3CCC(CC4CCC(OC#N)CC4)CC3)CC2)CC1. The van der Waals surface area contributed by atoms with Crippen molar-refractivity contribution in [2.45, 2.75) is 210 Å². The Morgan fingerprint density at radius 3 is 1.17 bits per heavy atom. The molecule has 6 saturated carbocycles. The van der Waals surface area contributed by atoms with Gasteiger partial charge in [-0.3, -0.25) is 19.6 Å². The number of nitrogens with zero attached hydrogens (tertiary/aromatic N) is 8. The van der Waals surface area contributed by atoms with Crippen molar-refractivity contribution in [2.24, 2.45) is 50.5 Å². The van der Waals surface area contributed by atoms with E-state index in [1.54, 1.807) is 15.9 Å². The Morgan fingerprint density at radius 1 is 0.508 bits per heavy atom. The Hall–Kier alpha value is -3.45. The van der Waals surface area contributed by atoms with E-state index in [9.17, 15) is 14.4 Å². The smallest absolute Gasteiger partial charge is 0.333 e. The first-order valence-electron chi connectivity index (χ1n) is 24.2. The second-order valence-corrected chi connectivity index (χ2v) is 20.4. The number of urea groups is 2. The Kier molecular flexibility index (Phi) is 14.0. The number of hydrogen-bond donors (Lipinski definition) is 0. The topological polar surface area (TPSA) is 134 Å². The normalized spacial score (nSPS) is 39.6. The molecule has 0 aromatic rings. The number of rotatable bonds is 12. The summed E-state index contributed by atoms with van der Waals surface area (Å²) >= 11 is 0. The largest absolute Gasteiger partial charge is 0.424 e. The molecular weight excluding hydrogens is 741 g/mol. The van der Waals surface area contributed by atoms with Crippen LogP contribution in [0.5, 0.6) is 0 Å². The van der Waals surface area contributed by atoms with E-state index >= 15 is 0 Å². The van der Waals surface area contributed by atoms with E-state index in [2.05, 4.69) is 4.99 Å². The number of amides is 4. The molecule has 0 bridgehead atoms. The molecule has 8 fully saturated rings. The molecule has 12 nitrogen and oxygen atoms in total. The van der Waals surface area contributed by atoms with Crippen LogP contribution in [0.1, 0.15) is 173 Å². The summed E-state index contributed by atoms with van der Waals surface area (Å²) in [6.07, 6.45) is 34.9. The van der Waals surface area contributed by atoms with Gasteiger partial charge >= 0.3 is 12.1 Å². The van der Waals surface area contributed by atoms with E-state index in [1.807, 2.05) is 30.2 Å². The van der Waals surface area contributed by atoms with Gasteiger partial charge in [0.1, 0.15) is 6.10 Å². The predicted molar refractivity (Wildman–Crippen MR) is 228 cm³/mol. The Morgan fingerprint density at radius 2 is 0.831 bits per heavy atom. The maximum absolute atomic E-state index is 13.1. The summed E-state index contributed by atoms with van der Waals surface area (Å²) in [5.41, 5.74) is 0. The lowest BCUT2D eigenvalue weighted by atomic mass is 9.75. The van der Waals surface area contributed by atoms with E-state index < -0.39 is 0 Å². The van der Waals surface area contributed by atoms with Gasteiger partial charge in [-0.1, -0.05) is 0 Å². The summed E-state index contributed by atoms with van der Waals surface area (Å²) in [7, 11) is 3.79. The third kappa shape index (κ3) is 10.0. The van der Waals surface area contributed by atoms with Crippen molar-refractivity contribution >= 4 is 30.1 Å². The molecule has 12 heteroatoms. The van der Waals surface area contributed by atoms with Gasteiger partial charge in [-0.05, 0) is 209 Å². The van der Waals surface area contributed by atoms with Gasteiger partial charge in [0, 0.05) is 26.2 Å². The molecule has 8 aliphatic rings. The zero-order chi connectivity index (χ0) is 40.9. The highest BCUT2D eigenvalue weighted by molar-refractivity contribution is 6.14. The minimum Gasteiger partial charge on any atom is -0.424 e. The van der Waals surface area contributed by atoms with Crippen molar-refractivity contribution in [3.8, 4) is 6.26 Å². The van der Waals surface area contributed by atoms with Crippen LogP contribution in [0, 0.1) is 47.0 Å². The summed E-state index contributed by atoms with van der Waals surface area (Å²) < 4.78 is 5.19. The third-order valence-electron chi connectivity index (χ3n) is 16.7. The highest BCUT2D eigenvalue weighted by atomic mass is 16.5. The van der Waals surface area contributed by atoms with Crippen molar-refractivity contribution in [2.75, 3.05) is 14.1 Å². The van der Waals surface area contributed by atoms with Crippen LogP contribution in [0.3, 0.4) is 0 Å². The minimum absolute atomic E-state index is 0.118. The van der Waals surface area contributed by atoms with Gasteiger partial charge < -0.3 is 4.74 Å². The fourth-order valence-corrected chi connectivity index (χ4v) is 13.0. The molecule has 6 aliphatic carbocycles. The van der Waals surface area contributed by atoms with Gasteiger partial charge in [-0.25, -0.2) is 29.4 Å². The highest BCUT2D eigenvalue weighted by Gasteiger charge is 2.46. The predicted octanol–water partition coefficient (Wildman–Crippen LogP) is 9.79. The molecule has 59 heavy (non-hydrogen) atoms. The van der Waals surface area contributed by atoms with Gasteiger partial charge in [0.2, 0.25) is 18.0 Å². The molecule has 0 aromatic carbocycles. The van der Waals surface area contributed by atoms with E-state index in [-0.39, 0.29) is 36.3 Å². The maximum Gasteiger partial charge on any atom is 0.333 e. The molecular formula is C47H72N8O4. The van der Waals surface area contributed by atoms with E-state index in [4.69, 9.17) is 20.0 Å². The van der Waals surface area contributed by atoms with Gasteiger partial charge in [0.05, 0.1) is 18.1 Å². The molecule has 324 valence electrons. The lowest BCUT2D eigenvalue weighted by Gasteiger charge is -2.48.